The van der Waals surface area contributed by atoms with Crippen molar-refractivity contribution in [2.75, 3.05) is 6.54 Å². The van der Waals surface area contributed by atoms with E-state index in [1.807, 2.05) is 23.9 Å². The van der Waals surface area contributed by atoms with E-state index in [4.69, 9.17) is 5.73 Å². The van der Waals surface area contributed by atoms with Crippen LogP contribution in [0.3, 0.4) is 0 Å². The minimum Gasteiger partial charge on any atom is -0.330 e. The number of halogens is 1. The van der Waals surface area contributed by atoms with Crippen molar-refractivity contribution in [3.05, 3.63) is 30.1 Å². The maximum Gasteiger partial charge on any atom is 0.123 e. The molecule has 82 valence electrons. The fourth-order valence-corrected chi connectivity index (χ4v) is 3.48. The molecule has 0 heterocycles. The maximum atomic E-state index is 12.7. The SMILES string of the molecule is NCC1CCCC1Sc1ccc(F)cc1. The van der Waals surface area contributed by atoms with Crippen molar-refractivity contribution in [1.29, 1.82) is 0 Å². The van der Waals surface area contributed by atoms with E-state index >= 15 is 0 Å². The first-order chi connectivity index (χ1) is 7.29. The van der Waals surface area contributed by atoms with E-state index < -0.39 is 0 Å². The molecule has 0 saturated heterocycles. The van der Waals surface area contributed by atoms with Gasteiger partial charge in [-0.2, -0.15) is 0 Å². The Labute approximate surface area is 94.2 Å². The van der Waals surface area contributed by atoms with Crippen LogP contribution in [0.4, 0.5) is 4.39 Å². The zero-order valence-corrected chi connectivity index (χ0v) is 9.47. The molecule has 0 aliphatic heterocycles. The van der Waals surface area contributed by atoms with Crippen LogP contribution in [0, 0.1) is 11.7 Å². The van der Waals surface area contributed by atoms with Gasteiger partial charge in [-0.3, -0.25) is 0 Å². The Morgan fingerprint density at radius 2 is 2.00 bits per heavy atom. The molecule has 2 atom stereocenters. The minimum atomic E-state index is -0.166. The van der Waals surface area contributed by atoms with Crippen LogP contribution in [0.2, 0.25) is 0 Å². The molecule has 0 spiro atoms. The highest BCUT2D eigenvalue weighted by molar-refractivity contribution is 8.00. The third-order valence-electron chi connectivity index (χ3n) is 2.99. The highest BCUT2D eigenvalue weighted by Crippen LogP contribution is 2.38. The first-order valence-corrected chi connectivity index (χ1v) is 6.30. The fraction of sp³-hybridized carbons (Fsp3) is 0.500. The fourth-order valence-electron chi connectivity index (χ4n) is 2.12. The van der Waals surface area contributed by atoms with Crippen LogP contribution in [-0.4, -0.2) is 11.8 Å². The molecule has 0 radical (unpaired) electrons. The first kappa shape index (κ1) is 11.0. The Hall–Kier alpha value is -0.540. The van der Waals surface area contributed by atoms with E-state index in [1.165, 1.54) is 31.4 Å². The predicted octanol–water partition coefficient (Wildman–Crippen LogP) is 3.05. The number of hydrogen-bond acceptors (Lipinski definition) is 2. The van der Waals surface area contributed by atoms with Crippen molar-refractivity contribution in [2.24, 2.45) is 11.7 Å². The van der Waals surface area contributed by atoms with Gasteiger partial charge in [0.05, 0.1) is 0 Å². The smallest absolute Gasteiger partial charge is 0.123 e. The van der Waals surface area contributed by atoms with Gasteiger partial charge < -0.3 is 5.73 Å². The molecule has 3 heteroatoms. The van der Waals surface area contributed by atoms with Gasteiger partial charge in [0.1, 0.15) is 5.82 Å². The Bertz CT molecular complexity index is 312. The predicted molar refractivity (Wildman–Crippen MR) is 62.4 cm³/mol. The van der Waals surface area contributed by atoms with Gasteiger partial charge in [-0.15, -0.1) is 11.8 Å². The van der Waals surface area contributed by atoms with Gasteiger partial charge in [0.2, 0.25) is 0 Å². The zero-order chi connectivity index (χ0) is 10.7. The van der Waals surface area contributed by atoms with Gasteiger partial charge in [-0.05, 0) is 49.6 Å². The summed E-state index contributed by atoms with van der Waals surface area (Å²) in [5.74, 6) is 0.473. The van der Waals surface area contributed by atoms with Gasteiger partial charge in [-0.1, -0.05) is 6.42 Å². The third-order valence-corrected chi connectivity index (χ3v) is 4.46. The second-order valence-electron chi connectivity index (χ2n) is 4.04. The van der Waals surface area contributed by atoms with Crippen LogP contribution in [-0.2, 0) is 0 Å². The minimum absolute atomic E-state index is 0.166. The van der Waals surface area contributed by atoms with Gasteiger partial charge in [0, 0.05) is 10.1 Å². The molecule has 2 rings (SSSR count). The van der Waals surface area contributed by atoms with Crippen LogP contribution >= 0.6 is 11.8 Å². The molecule has 1 aromatic carbocycles. The molecular weight excluding hydrogens is 209 g/mol. The molecule has 1 saturated carbocycles. The van der Waals surface area contributed by atoms with Crippen molar-refractivity contribution < 1.29 is 4.39 Å². The molecule has 0 aromatic heterocycles. The van der Waals surface area contributed by atoms with Crippen molar-refractivity contribution >= 4 is 11.8 Å². The summed E-state index contributed by atoms with van der Waals surface area (Å²) in [6.45, 7) is 0.777. The molecule has 1 nitrogen and oxygen atoms in total. The van der Waals surface area contributed by atoms with E-state index in [2.05, 4.69) is 0 Å². The highest BCUT2D eigenvalue weighted by Gasteiger charge is 2.26. The molecule has 1 aliphatic carbocycles. The number of rotatable bonds is 3. The molecule has 2 N–H and O–H groups in total. The second kappa shape index (κ2) is 4.99. The van der Waals surface area contributed by atoms with Crippen molar-refractivity contribution in [1.82, 2.24) is 0 Å². The van der Waals surface area contributed by atoms with Crippen LogP contribution in [0.15, 0.2) is 29.2 Å². The average molecular weight is 225 g/mol. The Balaban J connectivity index is 1.99. The summed E-state index contributed by atoms with van der Waals surface area (Å²) in [6.07, 6.45) is 3.76. The van der Waals surface area contributed by atoms with E-state index in [0.29, 0.717) is 11.2 Å². The van der Waals surface area contributed by atoms with Crippen molar-refractivity contribution in [3.8, 4) is 0 Å². The quantitative estimate of drug-likeness (QED) is 0.855. The summed E-state index contributed by atoms with van der Waals surface area (Å²) in [5.41, 5.74) is 5.73. The van der Waals surface area contributed by atoms with Crippen LogP contribution < -0.4 is 5.73 Å². The molecule has 0 bridgehead atoms. The van der Waals surface area contributed by atoms with Crippen LogP contribution in [0.5, 0.6) is 0 Å². The standard InChI is InChI=1S/C12H16FNS/c13-10-4-6-11(7-5-10)15-12-3-1-2-9(12)8-14/h4-7,9,12H,1-3,8,14H2. The van der Waals surface area contributed by atoms with E-state index in [-0.39, 0.29) is 5.82 Å². The summed E-state index contributed by atoms with van der Waals surface area (Å²) >= 11 is 1.85. The van der Waals surface area contributed by atoms with E-state index in [1.54, 1.807) is 0 Å². The lowest BCUT2D eigenvalue weighted by molar-refractivity contribution is 0.573. The summed E-state index contributed by atoms with van der Waals surface area (Å²) in [5, 5.41) is 0.625. The van der Waals surface area contributed by atoms with Crippen molar-refractivity contribution in [3.63, 3.8) is 0 Å². The molecule has 1 fully saturated rings. The lowest BCUT2D eigenvalue weighted by Gasteiger charge is -2.16. The Morgan fingerprint density at radius 1 is 1.27 bits per heavy atom. The highest BCUT2D eigenvalue weighted by atomic mass is 32.2. The van der Waals surface area contributed by atoms with Gasteiger partial charge in [0.25, 0.3) is 0 Å². The topological polar surface area (TPSA) is 26.0 Å². The molecule has 1 aliphatic rings. The number of nitrogens with two attached hydrogens (primary N) is 1. The molecular formula is C12H16FNS. The summed E-state index contributed by atoms with van der Waals surface area (Å²) in [7, 11) is 0. The maximum absolute atomic E-state index is 12.7. The zero-order valence-electron chi connectivity index (χ0n) is 8.66. The lowest BCUT2D eigenvalue weighted by atomic mass is 10.1. The Kier molecular flexibility index (Phi) is 3.65. The largest absolute Gasteiger partial charge is 0.330 e. The Morgan fingerprint density at radius 3 is 2.67 bits per heavy atom. The second-order valence-corrected chi connectivity index (χ2v) is 5.35. The summed E-state index contributed by atoms with van der Waals surface area (Å²) < 4.78 is 12.7. The van der Waals surface area contributed by atoms with Crippen LogP contribution in [0.1, 0.15) is 19.3 Å². The first-order valence-electron chi connectivity index (χ1n) is 5.42. The van der Waals surface area contributed by atoms with Crippen molar-refractivity contribution in [2.45, 2.75) is 29.4 Å². The average Bonchev–Trinajstić information content (AvgIpc) is 2.69. The monoisotopic (exact) mass is 225 g/mol. The van der Waals surface area contributed by atoms with Gasteiger partial charge >= 0.3 is 0 Å². The number of benzene rings is 1. The molecule has 1 aromatic rings. The van der Waals surface area contributed by atoms with Crippen LogP contribution in [0.25, 0.3) is 0 Å². The number of thioether (sulfide) groups is 1. The summed E-state index contributed by atoms with van der Waals surface area (Å²) in [4.78, 5) is 1.15. The molecule has 2 unspecified atom stereocenters. The molecule has 0 amide bonds. The lowest BCUT2D eigenvalue weighted by Crippen LogP contribution is -2.20. The summed E-state index contributed by atoms with van der Waals surface area (Å²) in [6, 6.07) is 6.75. The normalized spacial score (nSPS) is 25.7. The van der Waals surface area contributed by atoms with E-state index in [9.17, 15) is 4.39 Å². The van der Waals surface area contributed by atoms with E-state index in [0.717, 1.165) is 11.4 Å². The number of hydrogen-bond donors (Lipinski definition) is 1. The molecule has 15 heavy (non-hydrogen) atoms. The van der Waals surface area contributed by atoms with Gasteiger partial charge in [0.15, 0.2) is 0 Å². The third kappa shape index (κ3) is 2.73. The van der Waals surface area contributed by atoms with Gasteiger partial charge in [-0.25, -0.2) is 4.39 Å².